The van der Waals surface area contributed by atoms with E-state index in [9.17, 15) is 9.18 Å². The molecule has 0 N–H and O–H groups in total. The van der Waals surface area contributed by atoms with Crippen molar-refractivity contribution in [3.8, 4) is 0 Å². The minimum absolute atomic E-state index is 0.0202. The number of aromatic nitrogens is 1. The number of carbonyl (C=O) groups is 1. The molecule has 1 saturated heterocycles. The van der Waals surface area contributed by atoms with Gasteiger partial charge in [-0.25, -0.2) is 4.39 Å². The van der Waals surface area contributed by atoms with Crippen LogP contribution in [0.25, 0.3) is 0 Å². The van der Waals surface area contributed by atoms with Crippen LogP contribution in [0, 0.1) is 5.82 Å². The average molecular weight is 323 g/mol. The highest BCUT2D eigenvalue weighted by molar-refractivity contribution is 8.00. The van der Waals surface area contributed by atoms with Crippen molar-refractivity contribution in [2.45, 2.75) is 11.9 Å². The molecule has 1 atom stereocenters. The molecule has 3 rings (SSSR count). The third-order valence-corrected chi connectivity index (χ3v) is 4.94. The number of amides is 1. The number of benzene rings is 1. The summed E-state index contributed by atoms with van der Waals surface area (Å²) in [5.41, 5.74) is 1.28. The van der Waals surface area contributed by atoms with Crippen molar-refractivity contribution in [3.63, 3.8) is 0 Å². The van der Waals surface area contributed by atoms with Gasteiger partial charge in [-0.3, -0.25) is 9.78 Å². The van der Waals surface area contributed by atoms with Crippen molar-refractivity contribution in [2.24, 2.45) is 0 Å². The second-order valence-corrected chi connectivity index (χ2v) is 6.15. The van der Waals surface area contributed by atoms with Gasteiger partial charge < -0.3 is 4.90 Å². The van der Waals surface area contributed by atoms with Gasteiger partial charge in [0.05, 0.1) is 12.3 Å². The van der Waals surface area contributed by atoms with Crippen LogP contribution in [-0.2, 0) is 11.3 Å². The molecule has 6 heteroatoms. The number of thioether (sulfide) groups is 1. The van der Waals surface area contributed by atoms with Gasteiger partial charge in [-0.2, -0.15) is 0 Å². The van der Waals surface area contributed by atoms with Gasteiger partial charge in [-0.1, -0.05) is 23.7 Å². The summed E-state index contributed by atoms with van der Waals surface area (Å²) < 4.78 is 13.9. The summed E-state index contributed by atoms with van der Waals surface area (Å²) in [6.45, 7) is 0.164. The van der Waals surface area contributed by atoms with E-state index in [0.29, 0.717) is 16.3 Å². The van der Waals surface area contributed by atoms with E-state index in [4.69, 9.17) is 11.6 Å². The summed E-state index contributed by atoms with van der Waals surface area (Å²) in [5, 5.41) is 0.187. The summed E-state index contributed by atoms with van der Waals surface area (Å²) >= 11 is 7.57. The summed E-state index contributed by atoms with van der Waals surface area (Å²) in [7, 11) is 0. The second-order valence-electron chi connectivity index (χ2n) is 4.67. The first kappa shape index (κ1) is 14.4. The van der Waals surface area contributed by atoms with E-state index >= 15 is 0 Å². The average Bonchev–Trinajstić information content (AvgIpc) is 2.85. The van der Waals surface area contributed by atoms with Gasteiger partial charge >= 0.3 is 0 Å². The maximum Gasteiger partial charge on any atom is 0.234 e. The lowest BCUT2D eigenvalue weighted by atomic mass is 10.1. The zero-order chi connectivity index (χ0) is 14.8. The van der Waals surface area contributed by atoms with Crippen LogP contribution in [0.2, 0.25) is 5.02 Å². The van der Waals surface area contributed by atoms with Gasteiger partial charge in [-0.05, 0) is 18.2 Å². The highest BCUT2D eigenvalue weighted by Gasteiger charge is 2.33. The molecule has 21 heavy (non-hydrogen) atoms. The third kappa shape index (κ3) is 2.89. The molecule has 1 aliphatic rings. The molecule has 1 amide bonds. The molecule has 0 aliphatic carbocycles. The first-order chi connectivity index (χ1) is 10.2. The van der Waals surface area contributed by atoms with E-state index in [-0.39, 0.29) is 17.8 Å². The fourth-order valence-corrected chi connectivity index (χ4v) is 3.67. The van der Waals surface area contributed by atoms with Crippen molar-refractivity contribution in [1.82, 2.24) is 9.88 Å². The minimum atomic E-state index is -0.392. The van der Waals surface area contributed by atoms with Crippen molar-refractivity contribution in [1.29, 1.82) is 0 Å². The first-order valence-corrected chi connectivity index (χ1v) is 7.83. The zero-order valence-electron chi connectivity index (χ0n) is 11.0. The Bertz CT molecular complexity index is 648. The topological polar surface area (TPSA) is 33.2 Å². The molecule has 0 radical (unpaired) electrons. The molecule has 108 valence electrons. The van der Waals surface area contributed by atoms with Crippen LogP contribution in [0.5, 0.6) is 0 Å². The Balaban J connectivity index is 1.90. The third-order valence-electron chi connectivity index (χ3n) is 3.33. The molecule has 1 fully saturated rings. The van der Waals surface area contributed by atoms with Crippen LogP contribution < -0.4 is 0 Å². The SMILES string of the molecule is O=C1CSC(c2cccnc2)N1Cc1c(F)cccc1Cl. The van der Waals surface area contributed by atoms with Crippen LogP contribution in [0.4, 0.5) is 4.39 Å². The van der Waals surface area contributed by atoms with Gasteiger partial charge in [0.2, 0.25) is 5.91 Å². The molecule has 1 unspecified atom stereocenters. The molecule has 0 saturated carbocycles. The normalized spacial score (nSPS) is 18.3. The monoisotopic (exact) mass is 322 g/mol. The maximum atomic E-state index is 13.9. The van der Waals surface area contributed by atoms with Gasteiger partial charge in [0.1, 0.15) is 11.2 Å². The Labute approximate surface area is 131 Å². The molecule has 3 nitrogen and oxygen atoms in total. The predicted molar refractivity (Wildman–Crippen MR) is 81.4 cm³/mol. The van der Waals surface area contributed by atoms with Gasteiger partial charge in [-0.15, -0.1) is 11.8 Å². The first-order valence-electron chi connectivity index (χ1n) is 6.40. The predicted octanol–water partition coefficient (Wildman–Crippen LogP) is 3.65. The van der Waals surface area contributed by atoms with Crippen molar-refractivity contribution < 1.29 is 9.18 Å². The van der Waals surface area contributed by atoms with Gasteiger partial charge in [0.25, 0.3) is 0 Å². The quantitative estimate of drug-likeness (QED) is 0.865. The summed E-state index contributed by atoms with van der Waals surface area (Å²) in [4.78, 5) is 17.8. The van der Waals surface area contributed by atoms with Crippen molar-refractivity contribution >= 4 is 29.3 Å². The minimum Gasteiger partial charge on any atom is -0.321 e. The summed E-state index contributed by atoms with van der Waals surface area (Å²) in [6, 6.07) is 8.28. The van der Waals surface area contributed by atoms with Crippen molar-refractivity contribution in [2.75, 3.05) is 5.75 Å². The van der Waals surface area contributed by atoms with Crippen molar-refractivity contribution in [3.05, 3.63) is 64.7 Å². The summed E-state index contributed by atoms with van der Waals surface area (Å²) in [6.07, 6.45) is 3.41. The lowest BCUT2D eigenvalue weighted by Crippen LogP contribution is -2.28. The maximum absolute atomic E-state index is 13.9. The number of nitrogens with zero attached hydrogens (tertiary/aromatic N) is 2. The number of pyridine rings is 1. The van der Waals surface area contributed by atoms with Crippen LogP contribution in [-0.4, -0.2) is 21.5 Å². The van der Waals surface area contributed by atoms with E-state index in [1.807, 2.05) is 12.1 Å². The molecule has 1 aliphatic heterocycles. The van der Waals surface area contributed by atoms with E-state index < -0.39 is 5.82 Å². The Morgan fingerprint density at radius 2 is 2.24 bits per heavy atom. The lowest BCUT2D eigenvalue weighted by molar-refractivity contribution is -0.128. The zero-order valence-corrected chi connectivity index (χ0v) is 12.6. The molecular formula is C15H12ClFN2OS. The van der Waals surface area contributed by atoms with Crippen LogP contribution in [0.3, 0.4) is 0 Å². The molecule has 1 aromatic heterocycles. The van der Waals surface area contributed by atoms with Crippen LogP contribution in [0.15, 0.2) is 42.7 Å². The number of hydrogen-bond donors (Lipinski definition) is 0. The largest absolute Gasteiger partial charge is 0.321 e. The van der Waals surface area contributed by atoms with E-state index in [0.717, 1.165) is 5.56 Å². The van der Waals surface area contributed by atoms with Gasteiger partial charge in [0, 0.05) is 28.5 Å². The van der Waals surface area contributed by atoms with E-state index in [2.05, 4.69) is 4.98 Å². The molecule has 2 aromatic rings. The molecule has 0 bridgehead atoms. The van der Waals surface area contributed by atoms with Crippen LogP contribution in [0.1, 0.15) is 16.5 Å². The number of hydrogen-bond acceptors (Lipinski definition) is 3. The Morgan fingerprint density at radius 3 is 2.95 bits per heavy atom. The Kier molecular flexibility index (Phi) is 4.12. The number of halogens is 2. The number of carbonyl (C=O) groups excluding carboxylic acids is 1. The van der Waals surface area contributed by atoms with E-state index in [1.165, 1.54) is 17.8 Å². The Hall–Kier alpha value is -1.59. The highest BCUT2D eigenvalue weighted by atomic mass is 35.5. The number of rotatable bonds is 3. The summed E-state index contributed by atoms with van der Waals surface area (Å²) in [5.74, 6) is -0.0312. The van der Waals surface area contributed by atoms with E-state index in [1.54, 1.807) is 29.4 Å². The highest BCUT2D eigenvalue weighted by Crippen LogP contribution is 2.40. The molecule has 2 heterocycles. The lowest BCUT2D eigenvalue weighted by Gasteiger charge is -2.24. The van der Waals surface area contributed by atoms with Crippen LogP contribution >= 0.6 is 23.4 Å². The Morgan fingerprint density at radius 1 is 1.38 bits per heavy atom. The standard InChI is InChI=1S/C15H12ClFN2OS/c16-12-4-1-5-13(17)11(12)8-19-14(20)9-21-15(19)10-3-2-6-18-7-10/h1-7,15H,8-9H2. The molecular weight excluding hydrogens is 311 g/mol. The molecule has 0 spiro atoms. The smallest absolute Gasteiger partial charge is 0.234 e. The van der Waals surface area contributed by atoms with Gasteiger partial charge in [0.15, 0.2) is 0 Å². The fraction of sp³-hybridized carbons (Fsp3) is 0.200. The fourth-order valence-electron chi connectivity index (χ4n) is 2.28. The molecule has 1 aromatic carbocycles. The second kappa shape index (κ2) is 6.03.